The van der Waals surface area contributed by atoms with E-state index in [0.29, 0.717) is 49.4 Å². The smallest absolute Gasteiger partial charge is 0.417 e. The van der Waals surface area contributed by atoms with Gasteiger partial charge >= 0.3 is 6.09 Å². The summed E-state index contributed by atoms with van der Waals surface area (Å²) in [6.07, 6.45) is 1.89. The fraction of sp³-hybridized carbons (Fsp3) is 0.619. The highest BCUT2D eigenvalue weighted by Gasteiger charge is 2.38. The van der Waals surface area contributed by atoms with Gasteiger partial charge in [-0.05, 0) is 56.7 Å². The molecule has 0 radical (unpaired) electrons. The number of imide groups is 1. The Kier molecular flexibility index (Phi) is 6.88. The Morgan fingerprint density at radius 2 is 1.87 bits per heavy atom. The first kappa shape index (κ1) is 23.8. The van der Waals surface area contributed by atoms with Gasteiger partial charge in [-0.2, -0.15) is 0 Å². The topological polar surface area (TPSA) is 93.2 Å². The van der Waals surface area contributed by atoms with E-state index in [1.54, 1.807) is 26.8 Å². The molecule has 0 bridgehead atoms. The van der Waals surface area contributed by atoms with Crippen molar-refractivity contribution in [1.29, 1.82) is 0 Å². The number of carbonyl (C=O) groups excluding carboxylic acids is 2. The number of alkyl halides is 1. The molecule has 0 aliphatic carbocycles. The molecule has 2 aliphatic rings. The Balaban J connectivity index is 1.73. The number of halogens is 1. The summed E-state index contributed by atoms with van der Waals surface area (Å²) in [6, 6.07) is 3.54. The van der Waals surface area contributed by atoms with Crippen molar-refractivity contribution in [3.05, 3.63) is 28.8 Å². The summed E-state index contributed by atoms with van der Waals surface area (Å²) in [5.74, 6) is 0.366. The van der Waals surface area contributed by atoms with Crippen molar-refractivity contribution in [2.75, 3.05) is 26.0 Å². The van der Waals surface area contributed by atoms with Gasteiger partial charge in [-0.1, -0.05) is 6.07 Å². The first-order valence-electron chi connectivity index (χ1n) is 10.2. The minimum atomic E-state index is -3.18. The highest BCUT2D eigenvalue weighted by molar-refractivity contribution is 7.88. The van der Waals surface area contributed by atoms with E-state index in [-0.39, 0.29) is 18.3 Å². The maximum Gasteiger partial charge on any atom is 0.417 e. The zero-order valence-electron chi connectivity index (χ0n) is 18.3. The Bertz CT molecular complexity index is 965. The lowest BCUT2D eigenvalue weighted by molar-refractivity contribution is 0.0247. The van der Waals surface area contributed by atoms with Crippen LogP contribution < -0.4 is 4.74 Å². The molecule has 0 saturated carbocycles. The lowest BCUT2D eigenvalue weighted by atomic mass is 9.99. The number of rotatable bonds is 5. The number of ether oxygens (including phenoxy) is 2. The summed E-state index contributed by atoms with van der Waals surface area (Å²) in [5.41, 5.74) is 1.11. The van der Waals surface area contributed by atoms with Crippen LogP contribution in [0, 0.1) is 5.92 Å². The van der Waals surface area contributed by atoms with Gasteiger partial charge < -0.3 is 9.47 Å². The standard InChI is InChI=1S/C21H29ClN2O6S/c1-21(2,3)30-20(26)24-12-16-9-15(11-22)10-17(18(16)19(24)25)29-13-14-5-7-23(8-6-14)31(4,27)28/h9-10,14H,5-8,11-13H2,1-4H3. The lowest BCUT2D eigenvalue weighted by Crippen LogP contribution is -2.39. The number of hydrogen-bond acceptors (Lipinski definition) is 6. The minimum absolute atomic E-state index is 0.108. The third-order valence-electron chi connectivity index (χ3n) is 5.32. The molecule has 2 amide bonds. The number of sulfonamides is 1. The van der Waals surface area contributed by atoms with Crippen LogP contribution in [0.25, 0.3) is 0 Å². The average Bonchev–Trinajstić information content (AvgIpc) is 3.01. The molecule has 0 spiro atoms. The highest BCUT2D eigenvalue weighted by atomic mass is 35.5. The molecule has 1 aromatic carbocycles. The molecule has 10 heteroatoms. The van der Waals surface area contributed by atoms with Crippen LogP contribution in [0.3, 0.4) is 0 Å². The SMILES string of the molecule is CC(C)(C)OC(=O)N1Cc2cc(CCl)cc(OCC3CCN(S(C)(=O)=O)CC3)c2C1=O. The second-order valence-electron chi connectivity index (χ2n) is 9.05. The van der Waals surface area contributed by atoms with Crippen molar-refractivity contribution in [1.82, 2.24) is 9.21 Å². The highest BCUT2D eigenvalue weighted by Crippen LogP contribution is 2.34. The van der Waals surface area contributed by atoms with Gasteiger partial charge in [-0.3, -0.25) is 4.79 Å². The van der Waals surface area contributed by atoms with Crippen LogP contribution in [0.15, 0.2) is 12.1 Å². The van der Waals surface area contributed by atoms with Gasteiger partial charge in [0.25, 0.3) is 5.91 Å². The van der Waals surface area contributed by atoms with E-state index >= 15 is 0 Å². The summed E-state index contributed by atoms with van der Waals surface area (Å²) in [5, 5.41) is 0. The van der Waals surface area contributed by atoms with Crippen molar-refractivity contribution in [3.8, 4) is 5.75 Å². The quantitative estimate of drug-likeness (QED) is 0.610. The molecule has 2 heterocycles. The monoisotopic (exact) mass is 472 g/mol. The molecule has 8 nitrogen and oxygen atoms in total. The predicted octanol–water partition coefficient (Wildman–Crippen LogP) is 3.37. The number of nitrogens with zero attached hydrogens (tertiary/aromatic N) is 2. The summed E-state index contributed by atoms with van der Waals surface area (Å²) in [7, 11) is -3.18. The van der Waals surface area contributed by atoms with E-state index in [4.69, 9.17) is 21.1 Å². The number of carbonyl (C=O) groups is 2. The van der Waals surface area contributed by atoms with Crippen LogP contribution in [0.4, 0.5) is 4.79 Å². The zero-order chi connectivity index (χ0) is 23.0. The molecule has 1 fully saturated rings. The Morgan fingerprint density at radius 1 is 1.23 bits per heavy atom. The molecule has 1 saturated heterocycles. The van der Waals surface area contributed by atoms with Gasteiger partial charge in [0, 0.05) is 19.0 Å². The molecule has 0 unspecified atom stereocenters. The van der Waals surface area contributed by atoms with Crippen molar-refractivity contribution in [2.24, 2.45) is 5.92 Å². The van der Waals surface area contributed by atoms with Crippen molar-refractivity contribution in [3.63, 3.8) is 0 Å². The Hall–Kier alpha value is -1.84. The van der Waals surface area contributed by atoms with Crippen molar-refractivity contribution < 1.29 is 27.5 Å². The van der Waals surface area contributed by atoms with E-state index in [0.717, 1.165) is 10.5 Å². The summed E-state index contributed by atoms with van der Waals surface area (Å²) >= 11 is 6.02. The zero-order valence-corrected chi connectivity index (χ0v) is 19.9. The molecule has 172 valence electrons. The maximum atomic E-state index is 13.0. The predicted molar refractivity (Wildman–Crippen MR) is 117 cm³/mol. The first-order chi connectivity index (χ1) is 14.4. The maximum absolute atomic E-state index is 13.0. The lowest BCUT2D eigenvalue weighted by Gasteiger charge is -2.30. The number of benzene rings is 1. The van der Waals surface area contributed by atoms with Gasteiger partial charge in [0.2, 0.25) is 10.0 Å². The van der Waals surface area contributed by atoms with Gasteiger partial charge in [0.1, 0.15) is 11.4 Å². The molecule has 0 N–H and O–H groups in total. The van der Waals surface area contributed by atoms with Crippen LogP contribution in [-0.4, -0.2) is 61.2 Å². The van der Waals surface area contributed by atoms with Crippen LogP contribution in [0.1, 0.15) is 55.1 Å². The van der Waals surface area contributed by atoms with Gasteiger partial charge in [-0.25, -0.2) is 22.4 Å². The molecule has 0 atom stereocenters. The van der Waals surface area contributed by atoms with Gasteiger partial charge in [0.15, 0.2) is 0 Å². The van der Waals surface area contributed by atoms with Crippen LogP contribution in [0.2, 0.25) is 0 Å². The molecule has 3 rings (SSSR count). The largest absolute Gasteiger partial charge is 0.492 e. The molecule has 2 aliphatic heterocycles. The molecule has 31 heavy (non-hydrogen) atoms. The van der Waals surface area contributed by atoms with E-state index in [9.17, 15) is 18.0 Å². The van der Waals surface area contributed by atoms with Crippen molar-refractivity contribution in [2.45, 2.75) is 51.6 Å². The second kappa shape index (κ2) is 8.96. The Morgan fingerprint density at radius 3 is 2.42 bits per heavy atom. The van der Waals surface area contributed by atoms with Crippen LogP contribution in [0.5, 0.6) is 5.75 Å². The fourth-order valence-corrected chi connectivity index (χ4v) is 4.78. The van der Waals surface area contributed by atoms with E-state index in [2.05, 4.69) is 0 Å². The number of fused-ring (bicyclic) bond motifs is 1. The minimum Gasteiger partial charge on any atom is -0.492 e. The van der Waals surface area contributed by atoms with Gasteiger partial charge in [-0.15, -0.1) is 11.6 Å². The Labute approximate surface area is 188 Å². The van der Waals surface area contributed by atoms with Crippen molar-refractivity contribution >= 4 is 33.6 Å². The van der Waals surface area contributed by atoms with Crippen LogP contribution in [-0.2, 0) is 27.2 Å². The summed E-state index contributed by atoms with van der Waals surface area (Å²) in [6.45, 7) is 6.61. The first-order valence-corrected chi connectivity index (χ1v) is 12.6. The number of amides is 2. The molecular formula is C21H29ClN2O6S. The fourth-order valence-electron chi connectivity index (χ4n) is 3.75. The van der Waals surface area contributed by atoms with Gasteiger partial charge in [0.05, 0.1) is 25.0 Å². The number of piperidine rings is 1. The van der Waals surface area contributed by atoms with E-state index in [1.807, 2.05) is 6.07 Å². The summed E-state index contributed by atoms with van der Waals surface area (Å²) in [4.78, 5) is 26.5. The third kappa shape index (κ3) is 5.70. The van der Waals surface area contributed by atoms with E-state index < -0.39 is 27.6 Å². The molecular weight excluding hydrogens is 444 g/mol. The third-order valence-corrected chi connectivity index (χ3v) is 6.93. The summed E-state index contributed by atoms with van der Waals surface area (Å²) < 4.78 is 36.2. The number of hydrogen-bond donors (Lipinski definition) is 0. The van der Waals surface area contributed by atoms with E-state index in [1.165, 1.54) is 10.6 Å². The normalized spacial score (nSPS) is 18.2. The second-order valence-corrected chi connectivity index (χ2v) is 11.3. The van der Waals surface area contributed by atoms with Crippen LogP contribution >= 0.6 is 11.6 Å². The molecule has 1 aromatic rings. The average molecular weight is 473 g/mol. The molecule has 0 aromatic heterocycles.